The molecule has 2 nitrogen and oxygen atoms in total. The van der Waals surface area contributed by atoms with Gasteiger partial charge in [-0.2, -0.15) is 0 Å². The smallest absolute Gasteiger partial charge is 0.111 e. The van der Waals surface area contributed by atoms with Crippen LogP contribution in [0.15, 0.2) is 4.99 Å². The SMILES string of the molecule is CC1CCN=C(CCl)N1.Cl. The van der Waals surface area contributed by atoms with Crippen LogP contribution in [0.4, 0.5) is 0 Å². The zero-order valence-corrected chi connectivity index (χ0v) is 7.50. The van der Waals surface area contributed by atoms with Gasteiger partial charge in [0.25, 0.3) is 0 Å². The summed E-state index contributed by atoms with van der Waals surface area (Å²) >= 11 is 5.55. The van der Waals surface area contributed by atoms with Crippen molar-refractivity contribution in [1.82, 2.24) is 5.32 Å². The molecular formula is C6H12Cl2N2. The van der Waals surface area contributed by atoms with Crippen molar-refractivity contribution in [1.29, 1.82) is 0 Å². The minimum atomic E-state index is 0. The van der Waals surface area contributed by atoms with E-state index in [1.54, 1.807) is 0 Å². The lowest BCUT2D eigenvalue weighted by molar-refractivity contribution is 0.586. The first-order valence-electron chi connectivity index (χ1n) is 3.18. The average Bonchev–Trinajstić information content (AvgIpc) is 1.88. The van der Waals surface area contributed by atoms with Crippen molar-refractivity contribution in [3.8, 4) is 0 Å². The van der Waals surface area contributed by atoms with E-state index in [1.165, 1.54) is 0 Å². The molecule has 60 valence electrons. The fraction of sp³-hybridized carbons (Fsp3) is 0.833. The van der Waals surface area contributed by atoms with E-state index in [0.717, 1.165) is 18.8 Å². The van der Waals surface area contributed by atoms with Gasteiger partial charge in [0.2, 0.25) is 0 Å². The van der Waals surface area contributed by atoms with Crippen molar-refractivity contribution in [3.05, 3.63) is 0 Å². The monoisotopic (exact) mass is 182 g/mol. The molecule has 1 unspecified atom stereocenters. The highest BCUT2D eigenvalue weighted by Crippen LogP contribution is 1.98. The van der Waals surface area contributed by atoms with Gasteiger partial charge in [-0.15, -0.1) is 24.0 Å². The number of aliphatic imine (C=N–C) groups is 1. The predicted octanol–water partition coefficient (Wildman–Crippen LogP) is 1.43. The van der Waals surface area contributed by atoms with Crippen molar-refractivity contribution in [2.24, 2.45) is 4.99 Å². The summed E-state index contributed by atoms with van der Waals surface area (Å²) in [7, 11) is 0. The van der Waals surface area contributed by atoms with Crippen LogP contribution in [-0.2, 0) is 0 Å². The minimum absolute atomic E-state index is 0. The summed E-state index contributed by atoms with van der Waals surface area (Å²) in [6.07, 6.45) is 1.13. The van der Waals surface area contributed by atoms with E-state index in [-0.39, 0.29) is 12.4 Å². The summed E-state index contributed by atoms with van der Waals surface area (Å²) in [6.45, 7) is 3.07. The molecule has 1 heterocycles. The third kappa shape index (κ3) is 2.76. The number of halogens is 2. The number of nitrogens with one attached hydrogen (secondary N) is 1. The fourth-order valence-corrected chi connectivity index (χ4v) is 1.04. The zero-order valence-electron chi connectivity index (χ0n) is 5.93. The largest absolute Gasteiger partial charge is 0.370 e. The lowest BCUT2D eigenvalue weighted by Crippen LogP contribution is -2.37. The third-order valence-electron chi connectivity index (χ3n) is 1.40. The molecule has 0 aromatic carbocycles. The summed E-state index contributed by atoms with van der Waals surface area (Å²) < 4.78 is 0. The molecule has 1 aliphatic rings. The molecule has 0 amide bonds. The van der Waals surface area contributed by atoms with E-state index in [9.17, 15) is 0 Å². The second-order valence-corrected chi connectivity index (χ2v) is 2.56. The molecule has 0 aromatic rings. The first kappa shape index (κ1) is 10.0. The normalized spacial score (nSPS) is 24.2. The maximum atomic E-state index is 5.55. The minimum Gasteiger partial charge on any atom is -0.370 e. The highest BCUT2D eigenvalue weighted by Gasteiger charge is 2.08. The number of rotatable bonds is 1. The van der Waals surface area contributed by atoms with Crippen LogP contribution in [0.5, 0.6) is 0 Å². The topological polar surface area (TPSA) is 24.4 Å². The van der Waals surface area contributed by atoms with Crippen LogP contribution >= 0.6 is 24.0 Å². The summed E-state index contributed by atoms with van der Waals surface area (Å²) in [5, 5.41) is 3.18. The highest BCUT2D eigenvalue weighted by molar-refractivity contribution is 6.28. The molecule has 0 bridgehead atoms. The Hall–Kier alpha value is 0.0500. The van der Waals surface area contributed by atoms with Crippen molar-refractivity contribution in [2.75, 3.05) is 12.4 Å². The number of hydrogen-bond donors (Lipinski definition) is 1. The molecule has 1 N–H and O–H groups in total. The first-order chi connectivity index (χ1) is 4.33. The van der Waals surface area contributed by atoms with E-state index in [2.05, 4.69) is 17.2 Å². The molecule has 0 saturated heterocycles. The van der Waals surface area contributed by atoms with Crippen LogP contribution in [0, 0.1) is 0 Å². The molecule has 10 heavy (non-hydrogen) atoms. The van der Waals surface area contributed by atoms with Gasteiger partial charge in [0.05, 0.1) is 5.88 Å². The maximum Gasteiger partial charge on any atom is 0.111 e. The van der Waals surface area contributed by atoms with Crippen molar-refractivity contribution >= 4 is 29.8 Å². The average molecular weight is 183 g/mol. The second kappa shape index (κ2) is 4.80. The molecule has 0 aromatic heterocycles. The van der Waals surface area contributed by atoms with Gasteiger partial charge in [-0.05, 0) is 13.3 Å². The number of nitrogens with zero attached hydrogens (tertiary/aromatic N) is 1. The summed E-state index contributed by atoms with van der Waals surface area (Å²) in [5.74, 6) is 1.46. The van der Waals surface area contributed by atoms with E-state index >= 15 is 0 Å². The van der Waals surface area contributed by atoms with E-state index in [0.29, 0.717) is 11.9 Å². The summed E-state index contributed by atoms with van der Waals surface area (Å²) in [4.78, 5) is 4.17. The van der Waals surface area contributed by atoms with E-state index in [4.69, 9.17) is 11.6 Å². The van der Waals surface area contributed by atoms with E-state index < -0.39 is 0 Å². The Morgan fingerprint density at radius 3 is 2.90 bits per heavy atom. The van der Waals surface area contributed by atoms with Crippen LogP contribution in [0.2, 0.25) is 0 Å². The van der Waals surface area contributed by atoms with Crippen LogP contribution in [0.25, 0.3) is 0 Å². The molecule has 1 rings (SSSR count). The Balaban J connectivity index is 0.000000810. The molecule has 0 radical (unpaired) electrons. The van der Waals surface area contributed by atoms with Gasteiger partial charge < -0.3 is 5.32 Å². The van der Waals surface area contributed by atoms with Crippen LogP contribution in [0.1, 0.15) is 13.3 Å². The van der Waals surface area contributed by atoms with Crippen molar-refractivity contribution < 1.29 is 0 Å². The van der Waals surface area contributed by atoms with Gasteiger partial charge in [-0.25, -0.2) is 0 Å². The Morgan fingerprint density at radius 2 is 2.50 bits per heavy atom. The van der Waals surface area contributed by atoms with Crippen LogP contribution in [-0.4, -0.2) is 24.3 Å². The molecule has 1 aliphatic heterocycles. The molecule has 4 heteroatoms. The second-order valence-electron chi connectivity index (χ2n) is 2.30. The van der Waals surface area contributed by atoms with Gasteiger partial charge in [-0.1, -0.05) is 0 Å². The maximum absolute atomic E-state index is 5.55. The predicted molar refractivity (Wildman–Crippen MR) is 47.5 cm³/mol. The molecule has 0 fully saturated rings. The van der Waals surface area contributed by atoms with Gasteiger partial charge in [0.1, 0.15) is 5.84 Å². The van der Waals surface area contributed by atoms with Crippen molar-refractivity contribution in [2.45, 2.75) is 19.4 Å². The Kier molecular flexibility index (Phi) is 4.83. The molecular weight excluding hydrogens is 171 g/mol. The van der Waals surface area contributed by atoms with Gasteiger partial charge in [0.15, 0.2) is 0 Å². The fourth-order valence-electron chi connectivity index (χ4n) is 0.876. The standard InChI is InChI=1S/C6H11ClN2.ClH/c1-5-2-3-8-6(4-7)9-5;/h5H,2-4H2,1H3,(H,8,9);1H. The summed E-state index contributed by atoms with van der Waals surface area (Å²) in [6, 6.07) is 0.552. The highest BCUT2D eigenvalue weighted by atomic mass is 35.5. The Bertz CT molecular complexity index is 125. The Morgan fingerprint density at radius 1 is 1.80 bits per heavy atom. The lowest BCUT2D eigenvalue weighted by atomic mass is 10.2. The Labute approximate surface area is 72.5 Å². The summed E-state index contributed by atoms with van der Waals surface area (Å²) in [5.41, 5.74) is 0. The lowest BCUT2D eigenvalue weighted by Gasteiger charge is -2.19. The van der Waals surface area contributed by atoms with E-state index in [1.807, 2.05) is 0 Å². The number of alkyl halides is 1. The molecule has 0 spiro atoms. The quantitative estimate of drug-likeness (QED) is 0.611. The third-order valence-corrected chi connectivity index (χ3v) is 1.66. The molecule has 0 saturated carbocycles. The molecule has 1 atom stereocenters. The van der Waals surface area contributed by atoms with Gasteiger partial charge >= 0.3 is 0 Å². The first-order valence-corrected chi connectivity index (χ1v) is 3.72. The van der Waals surface area contributed by atoms with Crippen LogP contribution < -0.4 is 5.32 Å². The van der Waals surface area contributed by atoms with Crippen LogP contribution in [0.3, 0.4) is 0 Å². The zero-order chi connectivity index (χ0) is 6.69. The number of hydrogen-bond acceptors (Lipinski definition) is 2. The number of amidine groups is 1. The molecule has 0 aliphatic carbocycles. The van der Waals surface area contributed by atoms with Gasteiger partial charge in [0, 0.05) is 12.6 Å². The van der Waals surface area contributed by atoms with Crippen molar-refractivity contribution in [3.63, 3.8) is 0 Å². The van der Waals surface area contributed by atoms with Gasteiger partial charge in [-0.3, -0.25) is 4.99 Å².